The molecule has 0 aliphatic rings. The number of nitrogens with one attached hydrogen (secondary N) is 1. The highest BCUT2D eigenvalue weighted by atomic mass is 79.9. The number of halogens is 3. The van der Waals surface area contributed by atoms with E-state index >= 15 is 0 Å². The number of hydrogen-bond acceptors (Lipinski definition) is 3. The van der Waals surface area contributed by atoms with Crippen molar-refractivity contribution in [1.29, 1.82) is 0 Å². The molecule has 0 spiro atoms. The average molecular weight is 366 g/mol. The van der Waals surface area contributed by atoms with Crippen LogP contribution in [0.3, 0.4) is 0 Å². The van der Waals surface area contributed by atoms with Gasteiger partial charge in [-0.1, -0.05) is 23.2 Å². The van der Waals surface area contributed by atoms with Gasteiger partial charge in [-0.3, -0.25) is 4.98 Å². The number of hydrogen-bond donors (Lipinski definition) is 1. The predicted molar refractivity (Wildman–Crippen MR) is 81.8 cm³/mol. The van der Waals surface area contributed by atoms with Crippen molar-refractivity contribution in [3.63, 3.8) is 0 Å². The standard InChI is InChI=1S/C12H11BrCl2N2S/c1-16-11(4-9-2-7(13)6-18-9)12-10(15)3-8(14)5-17-12/h2-3,5-6,11,16H,4H2,1H3. The van der Waals surface area contributed by atoms with Crippen LogP contribution in [-0.2, 0) is 6.42 Å². The first-order valence-corrected chi connectivity index (χ1v) is 7.74. The minimum absolute atomic E-state index is 0.0836. The SMILES string of the molecule is CNC(Cc1cc(Br)cs1)c1ncc(Cl)cc1Cl. The van der Waals surface area contributed by atoms with E-state index in [2.05, 4.69) is 37.7 Å². The minimum atomic E-state index is 0.0836. The fourth-order valence-corrected chi connectivity index (χ4v) is 3.69. The molecule has 6 heteroatoms. The summed E-state index contributed by atoms with van der Waals surface area (Å²) in [5.74, 6) is 0. The molecule has 1 N–H and O–H groups in total. The van der Waals surface area contributed by atoms with Crippen molar-refractivity contribution in [2.45, 2.75) is 12.5 Å². The van der Waals surface area contributed by atoms with Crippen LogP contribution < -0.4 is 5.32 Å². The minimum Gasteiger partial charge on any atom is -0.311 e. The third-order valence-corrected chi connectivity index (χ3v) is 4.77. The van der Waals surface area contributed by atoms with Gasteiger partial charge in [-0.15, -0.1) is 11.3 Å². The smallest absolute Gasteiger partial charge is 0.0763 e. The molecule has 0 amide bonds. The van der Waals surface area contributed by atoms with E-state index in [1.165, 1.54) is 4.88 Å². The topological polar surface area (TPSA) is 24.9 Å². The van der Waals surface area contributed by atoms with Crippen LogP contribution in [0.5, 0.6) is 0 Å². The molecule has 2 aromatic heterocycles. The van der Waals surface area contributed by atoms with E-state index in [4.69, 9.17) is 23.2 Å². The van der Waals surface area contributed by atoms with Crippen LogP contribution in [0.25, 0.3) is 0 Å². The zero-order valence-electron chi connectivity index (χ0n) is 9.58. The largest absolute Gasteiger partial charge is 0.311 e. The van der Waals surface area contributed by atoms with Crippen molar-refractivity contribution in [2.75, 3.05) is 7.05 Å². The highest BCUT2D eigenvalue weighted by Crippen LogP contribution is 2.29. The van der Waals surface area contributed by atoms with Gasteiger partial charge in [0, 0.05) is 27.3 Å². The van der Waals surface area contributed by atoms with E-state index < -0.39 is 0 Å². The van der Waals surface area contributed by atoms with Gasteiger partial charge in [0.1, 0.15) is 0 Å². The molecule has 1 unspecified atom stereocenters. The van der Waals surface area contributed by atoms with Crippen molar-refractivity contribution < 1.29 is 0 Å². The van der Waals surface area contributed by atoms with Gasteiger partial charge in [-0.05, 0) is 35.1 Å². The molecule has 0 aliphatic heterocycles. The summed E-state index contributed by atoms with van der Waals surface area (Å²) in [6.07, 6.45) is 2.47. The Bertz CT molecular complexity index is 545. The first kappa shape index (κ1) is 14.3. The van der Waals surface area contributed by atoms with Crippen molar-refractivity contribution in [3.05, 3.63) is 48.8 Å². The fourth-order valence-electron chi connectivity index (χ4n) is 1.68. The molecule has 18 heavy (non-hydrogen) atoms. The van der Waals surface area contributed by atoms with Gasteiger partial charge >= 0.3 is 0 Å². The van der Waals surface area contributed by atoms with Gasteiger partial charge in [0.2, 0.25) is 0 Å². The van der Waals surface area contributed by atoms with E-state index in [0.29, 0.717) is 10.0 Å². The maximum Gasteiger partial charge on any atom is 0.0763 e. The van der Waals surface area contributed by atoms with Crippen molar-refractivity contribution in [2.24, 2.45) is 0 Å². The first-order valence-electron chi connectivity index (χ1n) is 5.31. The molecule has 0 bridgehead atoms. The molecule has 2 aromatic rings. The van der Waals surface area contributed by atoms with E-state index in [0.717, 1.165) is 16.6 Å². The Balaban J connectivity index is 2.22. The number of pyridine rings is 1. The Morgan fingerprint density at radius 3 is 2.78 bits per heavy atom. The van der Waals surface area contributed by atoms with E-state index in [1.807, 2.05) is 7.05 Å². The molecular weight excluding hydrogens is 355 g/mol. The Morgan fingerprint density at radius 2 is 2.22 bits per heavy atom. The van der Waals surface area contributed by atoms with Gasteiger partial charge in [-0.2, -0.15) is 0 Å². The van der Waals surface area contributed by atoms with Gasteiger partial charge < -0.3 is 5.32 Å². The summed E-state index contributed by atoms with van der Waals surface area (Å²) < 4.78 is 1.10. The number of thiophene rings is 1. The second-order valence-electron chi connectivity index (χ2n) is 3.80. The molecular formula is C12H11BrCl2N2S. The molecule has 0 fully saturated rings. The van der Waals surface area contributed by atoms with Gasteiger partial charge in [0.05, 0.1) is 21.8 Å². The second-order valence-corrected chi connectivity index (χ2v) is 6.55. The molecule has 0 saturated heterocycles. The van der Waals surface area contributed by atoms with Crippen molar-refractivity contribution in [3.8, 4) is 0 Å². The molecule has 0 radical (unpaired) electrons. The Morgan fingerprint density at radius 1 is 1.44 bits per heavy atom. The lowest BCUT2D eigenvalue weighted by atomic mass is 10.1. The lowest BCUT2D eigenvalue weighted by Gasteiger charge is -2.16. The normalized spacial score (nSPS) is 12.7. The average Bonchev–Trinajstić information content (AvgIpc) is 2.72. The number of nitrogens with zero attached hydrogens (tertiary/aromatic N) is 1. The van der Waals surface area contributed by atoms with Gasteiger partial charge in [-0.25, -0.2) is 0 Å². The maximum absolute atomic E-state index is 6.18. The second kappa shape index (κ2) is 6.35. The Labute approximate surface area is 128 Å². The van der Waals surface area contributed by atoms with Crippen LogP contribution in [0, 0.1) is 0 Å². The molecule has 0 saturated carbocycles. The zero-order chi connectivity index (χ0) is 13.1. The summed E-state index contributed by atoms with van der Waals surface area (Å²) in [5.41, 5.74) is 0.827. The quantitative estimate of drug-likeness (QED) is 0.848. The maximum atomic E-state index is 6.18. The summed E-state index contributed by atoms with van der Waals surface area (Å²) in [6.45, 7) is 0. The first-order chi connectivity index (χ1) is 8.60. The van der Waals surface area contributed by atoms with E-state index in [1.54, 1.807) is 23.6 Å². The monoisotopic (exact) mass is 364 g/mol. The molecule has 2 rings (SSSR count). The summed E-state index contributed by atoms with van der Waals surface area (Å²) in [6, 6.07) is 3.92. The third kappa shape index (κ3) is 3.45. The molecule has 96 valence electrons. The molecule has 2 heterocycles. The van der Waals surface area contributed by atoms with Crippen LogP contribution >= 0.6 is 50.5 Å². The van der Waals surface area contributed by atoms with Crippen LogP contribution in [0.15, 0.2) is 28.2 Å². The van der Waals surface area contributed by atoms with E-state index in [-0.39, 0.29) is 6.04 Å². The summed E-state index contributed by atoms with van der Waals surface area (Å²) >= 11 is 17.2. The summed E-state index contributed by atoms with van der Waals surface area (Å²) in [7, 11) is 1.90. The third-order valence-electron chi connectivity index (χ3n) is 2.54. The van der Waals surface area contributed by atoms with Crippen LogP contribution in [0.4, 0.5) is 0 Å². The Hall–Kier alpha value is -0.130. The van der Waals surface area contributed by atoms with Gasteiger partial charge in [0.15, 0.2) is 0 Å². The highest BCUT2D eigenvalue weighted by molar-refractivity contribution is 9.10. The molecule has 2 nitrogen and oxygen atoms in total. The van der Waals surface area contributed by atoms with Crippen molar-refractivity contribution in [1.82, 2.24) is 10.3 Å². The molecule has 0 aromatic carbocycles. The van der Waals surface area contributed by atoms with Crippen LogP contribution in [0.1, 0.15) is 16.6 Å². The van der Waals surface area contributed by atoms with E-state index in [9.17, 15) is 0 Å². The molecule has 0 aliphatic carbocycles. The molecule has 1 atom stereocenters. The fraction of sp³-hybridized carbons (Fsp3) is 0.250. The lowest BCUT2D eigenvalue weighted by Crippen LogP contribution is -2.20. The van der Waals surface area contributed by atoms with Crippen LogP contribution in [0.2, 0.25) is 10.0 Å². The Kier molecular flexibility index (Phi) is 5.04. The lowest BCUT2D eigenvalue weighted by molar-refractivity contribution is 0.580. The summed E-state index contributed by atoms with van der Waals surface area (Å²) in [5, 5.41) is 6.45. The highest BCUT2D eigenvalue weighted by Gasteiger charge is 2.16. The van der Waals surface area contributed by atoms with Crippen molar-refractivity contribution >= 4 is 50.5 Å². The number of aromatic nitrogens is 1. The predicted octanol–water partition coefficient (Wildman–Crippen LogP) is 4.72. The van der Waals surface area contributed by atoms with Gasteiger partial charge in [0.25, 0.3) is 0 Å². The summed E-state index contributed by atoms with van der Waals surface area (Å²) in [4.78, 5) is 5.59. The zero-order valence-corrected chi connectivity index (χ0v) is 13.5. The number of rotatable bonds is 4. The number of likely N-dealkylation sites (N-methyl/N-ethyl adjacent to an activating group) is 1. The van der Waals surface area contributed by atoms with Crippen LogP contribution in [-0.4, -0.2) is 12.0 Å².